The van der Waals surface area contributed by atoms with E-state index in [2.05, 4.69) is 16.3 Å². The van der Waals surface area contributed by atoms with Crippen molar-refractivity contribution in [1.82, 2.24) is 14.8 Å². The van der Waals surface area contributed by atoms with Crippen molar-refractivity contribution in [2.45, 2.75) is 33.0 Å². The van der Waals surface area contributed by atoms with E-state index in [0.29, 0.717) is 62.0 Å². The van der Waals surface area contributed by atoms with Crippen molar-refractivity contribution in [2.75, 3.05) is 33.9 Å². The molecule has 0 fully saturated rings. The van der Waals surface area contributed by atoms with Crippen LogP contribution in [0.15, 0.2) is 59.4 Å². The molecule has 1 amide bonds. The summed E-state index contributed by atoms with van der Waals surface area (Å²) in [7, 11) is 3.09. The first kappa shape index (κ1) is 25.3. The first-order valence-corrected chi connectivity index (χ1v) is 12.2. The minimum Gasteiger partial charge on any atom is -0.496 e. The Labute approximate surface area is 211 Å². The molecule has 0 radical (unpaired) electrons. The highest BCUT2D eigenvalue weighted by Crippen LogP contribution is 2.24. The van der Waals surface area contributed by atoms with Gasteiger partial charge in [0.15, 0.2) is 0 Å². The fraction of sp³-hybridized carbons (Fsp3) is 0.357. The number of ether oxygens (including phenoxy) is 3. The molecule has 8 nitrogen and oxygen atoms in total. The van der Waals surface area contributed by atoms with Crippen molar-refractivity contribution in [1.29, 1.82) is 0 Å². The summed E-state index contributed by atoms with van der Waals surface area (Å²) in [5.41, 5.74) is 2.96. The van der Waals surface area contributed by atoms with E-state index in [1.165, 1.54) is 13.2 Å². The van der Waals surface area contributed by atoms with Gasteiger partial charge in [0.05, 0.1) is 20.8 Å². The lowest BCUT2D eigenvalue weighted by Gasteiger charge is -2.19. The van der Waals surface area contributed by atoms with Gasteiger partial charge in [-0.3, -0.25) is 14.5 Å². The zero-order valence-electron chi connectivity index (χ0n) is 21.1. The molecule has 36 heavy (non-hydrogen) atoms. The van der Waals surface area contributed by atoms with Gasteiger partial charge < -0.3 is 24.1 Å². The Morgan fingerprint density at radius 2 is 1.78 bits per heavy atom. The molecular weight excluding hydrogens is 458 g/mol. The van der Waals surface area contributed by atoms with Gasteiger partial charge in [-0.2, -0.15) is 0 Å². The molecule has 1 aliphatic rings. The van der Waals surface area contributed by atoms with Crippen molar-refractivity contribution >= 4 is 5.91 Å². The minimum atomic E-state index is -0.278. The van der Waals surface area contributed by atoms with Gasteiger partial charge >= 0.3 is 0 Å². The van der Waals surface area contributed by atoms with E-state index in [1.807, 2.05) is 49.4 Å². The van der Waals surface area contributed by atoms with Gasteiger partial charge in [-0.05, 0) is 30.7 Å². The van der Waals surface area contributed by atoms with Crippen molar-refractivity contribution < 1.29 is 19.0 Å². The number of carbonyl (C=O) groups excluding carboxylic acids is 1. The number of benzene rings is 2. The van der Waals surface area contributed by atoms with Crippen molar-refractivity contribution in [3.8, 4) is 17.2 Å². The lowest BCUT2D eigenvalue weighted by Crippen LogP contribution is -2.31. The van der Waals surface area contributed by atoms with Crippen LogP contribution in [0.25, 0.3) is 0 Å². The normalized spacial score (nSPS) is 13.4. The highest BCUT2D eigenvalue weighted by molar-refractivity contribution is 5.98. The maximum Gasteiger partial charge on any atom is 0.257 e. The first-order valence-electron chi connectivity index (χ1n) is 12.2. The number of pyridine rings is 1. The summed E-state index contributed by atoms with van der Waals surface area (Å²) < 4.78 is 18.2. The second kappa shape index (κ2) is 11.8. The lowest BCUT2D eigenvalue weighted by molar-refractivity contribution is 0.0945. The van der Waals surface area contributed by atoms with Gasteiger partial charge in [0.1, 0.15) is 22.8 Å². The van der Waals surface area contributed by atoms with Crippen LogP contribution in [0.1, 0.15) is 34.1 Å². The maximum atomic E-state index is 13.4. The van der Waals surface area contributed by atoms with E-state index >= 15 is 0 Å². The van der Waals surface area contributed by atoms with Crippen LogP contribution >= 0.6 is 0 Å². The van der Waals surface area contributed by atoms with Crippen LogP contribution in [0.3, 0.4) is 0 Å². The highest BCUT2D eigenvalue weighted by Gasteiger charge is 2.25. The van der Waals surface area contributed by atoms with Crippen molar-refractivity contribution in [2.24, 2.45) is 0 Å². The number of methoxy groups -OCH3 is 2. The topological polar surface area (TPSA) is 82.0 Å². The molecule has 0 unspecified atom stereocenters. The number of nitrogens with one attached hydrogen (secondary N) is 1. The van der Waals surface area contributed by atoms with Gasteiger partial charge in [-0.25, -0.2) is 0 Å². The second-order valence-electron chi connectivity index (χ2n) is 8.63. The van der Waals surface area contributed by atoms with E-state index in [9.17, 15) is 9.59 Å². The Morgan fingerprint density at radius 3 is 2.56 bits per heavy atom. The van der Waals surface area contributed by atoms with Crippen molar-refractivity contribution in [3.63, 3.8) is 0 Å². The number of para-hydroxylation sites is 1. The van der Waals surface area contributed by atoms with Gasteiger partial charge in [0.25, 0.3) is 11.5 Å². The Balaban J connectivity index is 1.55. The van der Waals surface area contributed by atoms with Gasteiger partial charge in [0.2, 0.25) is 0 Å². The third-order valence-corrected chi connectivity index (χ3v) is 6.38. The van der Waals surface area contributed by atoms with Gasteiger partial charge in [0, 0.05) is 56.5 Å². The van der Waals surface area contributed by atoms with Crippen molar-refractivity contribution in [3.05, 3.63) is 87.3 Å². The maximum absolute atomic E-state index is 13.4. The highest BCUT2D eigenvalue weighted by atomic mass is 16.5. The Bertz CT molecular complexity index is 1270. The van der Waals surface area contributed by atoms with Crippen LogP contribution < -0.4 is 25.1 Å². The lowest BCUT2D eigenvalue weighted by atomic mass is 10.1. The fourth-order valence-electron chi connectivity index (χ4n) is 4.63. The molecule has 0 saturated heterocycles. The molecule has 190 valence electrons. The Hall–Kier alpha value is -3.78. The summed E-state index contributed by atoms with van der Waals surface area (Å²) in [6.45, 7) is 5.52. The monoisotopic (exact) mass is 491 g/mol. The quantitative estimate of drug-likeness (QED) is 0.495. The Morgan fingerprint density at radius 1 is 0.972 bits per heavy atom. The number of fused-ring (bicyclic) bond motifs is 1. The molecule has 0 saturated carbocycles. The smallest absolute Gasteiger partial charge is 0.257 e. The number of hydrogen-bond acceptors (Lipinski definition) is 6. The van der Waals surface area contributed by atoms with Crippen LogP contribution in [-0.2, 0) is 26.1 Å². The predicted octanol–water partition coefficient (Wildman–Crippen LogP) is 3.25. The Kier molecular flexibility index (Phi) is 8.28. The van der Waals surface area contributed by atoms with E-state index in [0.717, 1.165) is 23.4 Å². The SMILES string of the molecule is CCOc1cccc(CN2CCc3c(C(=O)NCc4ccccc4OC)c(OC)cc(=O)n3CC2)c1. The molecular formula is C28H33N3O5. The predicted molar refractivity (Wildman–Crippen MR) is 138 cm³/mol. The molecule has 1 N–H and O–H groups in total. The number of carbonyl (C=O) groups is 1. The number of amides is 1. The third kappa shape index (κ3) is 5.71. The summed E-state index contributed by atoms with van der Waals surface area (Å²) in [6, 6.07) is 17.0. The van der Waals surface area contributed by atoms with Crippen LogP contribution in [0.4, 0.5) is 0 Å². The van der Waals surface area contributed by atoms with Crippen LogP contribution in [0.5, 0.6) is 17.2 Å². The molecule has 0 bridgehead atoms. The molecule has 2 aromatic carbocycles. The molecule has 8 heteroatoms. The van der Waals surface area contributed by atoms with E-state index in [-0.39, 0.29) is 11.5 Å². The standard InChI is InChI=1S/C28H33N3O5/c1-4-36-22-10-7-8-20(16-22)19-30-13-12-23-27(25(35-3)17-26(32)31(23)15-14-30)28(33)29-18-21-9-5-6-11-24(21)34-2/h5-11,16-17H,4,12-15,18-19H2,1-3H3,(H,29,33). The fourth-order valence-corrected chi connectivity index (χ4v) is 4.63. The van der Waals surface area contributed by atoms with Crippen LogP contribution in [0.2, 0.25) is 0 Å². The van der Waals surface area contributed by atoms with E-state index < -0.39 is 0 Å². The van der Waals surface area contributed by atoms with Gasteiger partial charge in [-0.15, -0.1) is 0 Å². The molecule has 4 rings (SSSR count). The molecule has 3 aromatic rings. The zero-order chi connectivity index (χ0) is 25.5. The molecule has 0 spiro atoms. The summed E-state index contributed by atoms with van der Waals surface area (Å²) in [6.07, 6.45) is 0.551. The molecule has 2 heterocycles. The number of rotatable bonds is 9. The minimum absolute atomic E-state index is 0.164. The summed E-state index contributed by atoms with van der Waals surface area (Å²) in [5.74, 6) is 1.57. The van der Waals surface area contributed by atoms with E-state index in [1.54, 1.807) is 11.7 Å². The largest absolute Gasteiger partial charge is 0.496 e. The average Bonchev–Trinajstić information content (AvgIpc) is 3.10. The molecule has 0 aliphatic carbocycles. The summed E-state index contributed by atoms with van der Waals surface area (Å²) >= 11 is 0. The van der Waals surface area contributed by atoms with Gasteiger partial charge in [-0.1, -0.05) is 30.3 Å². The number of hydrogen-bond donors (Lipinski definition) is 1. The molecule has 0 atom stereocenters. The van der Waals surface area contributed by atoms with E-state index in [4.69, 9.17) is 14.2 Å². The summed E-state index contributed by atoms with van der Waals surface area (Å²) in [5, 5.41) is 2.98. The van der Waals surface area contributed by atoms with Crippen LogP contribution in [0, 0.1) is 0 Å². The summed E-state index contributed by atoms with van der Waals surface area (Å²) in [4.78, 5) is 28.6. The third-order valence-electron chi connectivity index (χ3n) is 6.38. The molecule has 1 aromatic heterocycles. The first-order chi connectivity index (χ1) is 17.5. The zero-order valence-corrected chi connectivity index (χ0v) is 21.1. The van der Waals surface area contributed by atoms with Crippen LogP contribution in [-0.4, -0.2) is 49.3 Å². The second-order valence-corrected chi connectivity index (χ2v) is 8.63. The number of aromatic nitrogens is 1. The average molecular weight is 492 g/mol. The molecule has 1 aliphatic heterocycles. The number of nitrogens with zero attached hydrogens (tertiary/aromatic N) is 2.